The Labute approximate surface area is 140 Å². The summed E-state index contributed by atoms with van der Waals surface area (Å²) in [6.07, 6.45) is 0.188. The molecule has 24 heavy (non-hydrogen) atoms. The predicted octanol–water partition coefficient (Wildman–Crippen LogP) is 0.278. The number of carboxylic acid groups (broad SMARTS) is 2. The Kier molecular flexibility index (Phi) is 5.14. The molecule has 2 heterocycles. The Morgan fingerprint density at radius 1 is 1.21 bits per heavy atom. The van der Waals surface area contributed by atoms with Gasteiger partial charge in [0.05, 0.1) is 26.3 Å². The summed E-state index contributed by atoms with van der Waals surface area (Å²) >= 11 is 0. The molecule has 0 aromatic carbocycles. The molecule has 2 rings (SSSR count). The zero-order chi connectivity index (χ0) is 18.0. The van der Waals surface area contributed by atoms with Crippen LogP contribution in [-0.4, -0.2) is 101 Å². The minimum atomic E-state index is -1.65. The van der Waals surface area contributed by atoms with Crippen LogP contribution >= 0.6 is 0 Å². The third kappa shape index (κ3) is 2.84. The van der Waals surface area contributed by atoms with Gasteiger partial charge >= 0.3 is 18.1 Å². The summed E-state index contributed by atoms with van der Waals surface area (Å²) in [5.41, 5.74) is -1.65. The van der Waals surface area contributed by atoms with Crippen molar-refractivity contribution in [1.29, 1.82) is 0 Å². The van der Waals surface area contributed by atoms with Crippen molar-refractivity contribution in [2.45, 2.75) is 12.5 Å². The highest BCUT2D eigenvalue weighted by Gasteiger charge is 2.62. The third-order valence-corrected chi connectivity index (χ3v) is 5.01. The van der Waals surface area contributed by atoms with Gasteiger partial charge in [0.15, 0.2) is 0 Å². The molecule has 2 saturated heterocycles. The number of nitrogens with zero attached hydrogens (tertiary/aromatic N) is 3. The maximum absolute atomic E-state index is 12.6. The Bertz CT molecular complexity index is 547. The van der Waals surface area contributed by atoms with Gasteiger partial charge in [0, 0.05) is 20.0 Å². The van der Waals surface area contributed by atoms with E-state index in [2.05, 4.69) is 6.58 Å². The molecule has 0 aliphatic carbocycles. The monoisotopic (exact) mass is 342 g/mol. The van der Waals surface area contributed by atoms with Crippen molar-refractivity contribution in [3.8, 4) is 0 Å². The SMILES string of the molecule is C=CC[N+]1(C(=O)O)CCN(C(=O)N2CCOCC2)CC1(C)C(=O)O. The fraction of sp³-hybridized carbons (Fsp3) is 0.667. The Balaban J connectivity index is 2.28. The molecule has 0 spiro atoms. The highest BCUT2D eigenvalue weighted by atomic mass is 16.5. The molecule has 9 nitrogen and oxygen atoms in total. The number of carboxylic acids is 1. The number of ether oxygens (including phenoxy) is 1. The van der Waals surface area contributed by atoms with Crippen molar-refractivity contribution in [2.75, 3.05) is 52.5 Å². The maximum Gasteiger partial charge on any atom is 0.514 e. The fourth-order valence-corrected chi connectivity index (χ4v) is 3.39. The number of hydrogen-bond donors (Lipinski definition) is 2. The molecule has 3 amide bonds. The van der Waals surface area contributed by atoms with Crippen molar-refractivity contribution in [3.63, 3.8) is 0 Å². The molecule has 0 bridgehead atoms. The number of amides is 3. The van der Waals surface area contributed by atoms with Crippen molar-refractivity contribution in [2.24, 2.45) is 0 Å². The van der Waals surface area contributed by atoms with Gasteiger partial charge in [-0.3, -0.25) is 0 Å². The van der Waals surface area contributed by atoms with Gasteiger partial charge in [-0.2, -0.15) is 4.79 Å². The van der Waals surface area contributed by atoms with Gasteiger partial charge in [0.2, 0.25) is 5.54 Å². The van der Waals surface area contributed by atoms with E-state index in [1.54, 1.807) is 4.90 Å². The Morgan fingerprint density at radius 3 is 2.33 bits per heavy atom. The van der Waals surface area contributed by atoms with Gasteiger partial charge in [-0.05, 0) is 6.08 Å². The fourth-order valence-electron chi connectivity index (χ4n) is 3.39. The summed E-state index contributed by atoms with van der Waals surface area (Å²) in [6, 6.07) is -0.271. The molecular formula is C15H24N3O6+. The number of urea groups is 1. The number of carbonyl (C=O) groups excluding carboxylic acids is 1. The second-order valence-corrected chi connectivity index (χ2v) is 6.33. The molecule has 2 unspecified atom stereocenters. The molecule has 2 aliphatic rings. The molecule has 0 radical (unpaired) electrons. The first-order valence-corrected chi connectivity index (χ1v) is 7.85. The molecule has 2 N–H and O–H groups in total. The zero-order valence-electron chi connectivity index (χ0n) is 13.8. The molecule has 0 aromatic heterocycles. The maximum atomic E-state index is 12.6. The predicted molar refractivity (Wildman–Crippen MR) is 83.6 cm³/mol. The number of aliphatic carboxylic acids is 1. The quantitative estimate of drug-likeness (QED) is 0.563. The Morgan fingerprint density at radius 2 is 1.83 bits per heavy atom. The summed E-state index contributed by atoms with van der Waals surface area (Å²) in [5.74, 6) is -1.24. The van der Waals surface area contributed by atoms with E-state index in [0.717, 1.165) is 0 Å². The highest BCUT2D eigenvalue weighted by Crippen LogP contribution is 2.32. The van der Waals surface area contributed by atoms with Crippen LogP contribution in [0.1, 0.15) is 6.92 Å². The topological polar surface area (TPSA) is 107 Å². The van der Waals surface area contributed by atoms with Gasteiger partial charge in [-0.15, -0.1) is 0 Å². The lowest BCUT2D eigenvalue weighted by Gasteiger charge is -2.50. The van der Waals surface area contributed by atoms with Crippen molar-refractivity contribution >= 4 is 18.1 Å². The lowest BCUT2D eigenvalue weighted by molar-refractivity contribution is -0.897. The van der Waals surface area contributed by atoms with Crippen LogP contribution in [0.15, 0.2) is 12.7 Å². The number of carbonyl (C=O) groups is 3. The molecule has 2 fully saturated rings. The number of quaternary nitrogens is 1. The van der Waals surface area contributed by atoms with E-state index in [1.807, 2.05) is 0 Å². The van der Waals surface area contributed by atoms with Crippen LogP contribution in [0.2, 0.25) is 0 Å². The summed E-state index contributed by atoms with van der Waals surface area (Å²) in [7, 11) is 0. The van der Waals surface area contributed by atoms with E-state index in [4.69, 9.17) is 4.74 Å². The zero-order valence-corrected chi connectivity index (χ0v) is 13.8. The molecule has 0 aromatic rings. The molecule has 2 atom stereocenters. The summed E-state index contributed by atoms with van der Waals surface area (Å²) < 4.78 is 4.55. The van der Waals surface area contributed by atoms with Gasteiger partial charge in [-0.1, -0.05) is 6.58 Å². The number of morpholine rings is 1. The highest BCUT2D eigenvalue weighted by molar-refractivity contribution is 5.82. The van der Waals surface area contributed by atoms with Crippen LogP contribution in [0.5, 0.6) is 0 Å². The van der Waals surface area contributed by atoms with Crippen LogP contribution in [0, 0.1) is 0 Å². The molecule has 9 heteroatoms. The van der Waals surface area contributed by atoms with Gasteiger partial charge in [0.1, 0.15) is 13.1 Å². The Hall–Kier alpha value is -2.13. The first kappa shape index (κ1) is 18.2. The summed E-state index contributed by atoms with van der Waals surface area (Å²) in [4.78, 5) is 39.5. The summed E-state index contributed by atoms with van der Waals surface area (Å²) in [5, 5.41) is 19.4. The number of piperazine rings is 1. The first-order chi connectivity index (χ1) is 11.3. The van der Waals surface area contributed by atoms with Crippen LogP contribution in [0.25, 0.3) is 0 Å². The summed E-state index contributed by atoms with van der Waals surface area (Å²) in [6.45, 7) is 6.74. The minimum absolute atomic E-state index is 0.0141. The third-order valence-electron chi connectivity index (χ3n) is 5.01. The van der Waals surface area contributed by atoms with Gasteiger partial charge in [0.25, 0.3) is 0 Å². The second kappa shape index (κ2) is 6.78. The van der Waals surface area contributed by atoms with Crippen LogP contribution in [0.3, 0.4) is 0 Å². The minimum Gasteiger partial charge on any atom is -0.477 e. The van der Waals surface area contributed by atoms with E-state index in [1.165, 1.54) is 17.9 Å². The second-order valence-electron chi connectivity index (χ2n) is 6.33. The van der Waals surface area contributed by atoms with Crippen molar-refractivity contribution in [3.05, 3.63) is 12.7 Å². The van der Waals surface area contributed by atoms with Gasteiger partial charge < -0.3 is 24.7 Å². The number of rotatable bonds is 3. The van der Waals surface area contributed by atoms with E-state index < -0.39 is 22.1 Å². The van der Waals surface area contributed by atoms with Crippen LogP contribution in [0.4, 0.5) is 9.59 Å². The van der Waals surface area contributed by atoms with Crippen molar-refractivity contribution < 1.29 is 33.8 Å². The van der Waals surface area contributed by atoms with Crippen molar-refractivity contribution in [1.82, 2.24) is 9.80 Å². The number of hydrogen-bond acceptors (Lipinski definition) is 4. The average molecular weight is 342 g/mol. The molecule has 134 valence electrons. The molecular weight excluding hydrogens is 318 g/mol. The van der Waals surface area contributed by atoms with E-state index in [0.29, 0.717) is 26.3 Å². The van der Waals surface area contributed by atoms with Crippen LogP contribution in [-0.2, 0) is 9.53 Å². The van der Waals surface area contributed by atoms with Crippen LogP contribution < -0.4 is 0 Å². The lowest BCUT2D eigenvalue weighted by Crippen LogP contribution is -2.77. The first-order valence-electron chi connectivity index (χ1n) is 7.85. The van der Waals surface area contributed by atoms with E-state index in [9.17, 15) is 24.6 Å². The smallest absolute Gasteiger partial charge is 0.477 e. The molecule has 2 aliphatic heterocycles. The molecule has 0 saturated carbocycles. The largest absolute Gasteiger partial charge is 0.514 e. The standard InChI is InChI=1S/C15H23N3O6/c1-3-7-18(14(22)23)8-4-17(11-15(18,2)12(19)20)13(21)16-5-9-24-10-6-16/h3H,1,4-11H2,2H3,(H-,19,20,22,23)/p+1. The lowest BCUT2D eigenvalue weighted by atomic mass is 9.92. The average Bonchev–Trinajstić information content (AvgIpc) is 2.56. The van der Waals surface area contributed by atoms with E-state index >= 15 is 0 Å². The van der Waals surface area contributed by atoms with Gasteiger partial charge in [-0.25, -0.2) is 14.1 Å². The van der Waals surface area contributed by atoms with E-state index in [-0.39, 0.29) is 32.2 Å². The normalized spacial score (nSPS) is 30.7.